The minimum absolute atomic E-state index is 0.116. The minimum atomic E-state index is -0.389. The van der Waals surface area contributed by atoms with Crippen molar-refractivity contribution in [3.05, 3.63) is 63.8 Å². The largest absolute Gasteiger partial charge is 0.456 e. The Hall–Kier alpha value is -2.43. The van der Waals surface area contributed by atoms with Crippen molar-refractivity contribution in [1.82, 2.24) is 0 Å². The van der Waals surface area contributed by atoms with Crippen LogP contribution in [0.4, 0.5) is 4.39 Å². The minimum Gasteiger partial charge on any atom is -0.456 e. The number of benzene rings is 1. The van der Waals surface area contributed by atoms with E-state index < -0.39 is 0 Å². The molecule has 0 bridgehead atoms. The van der Waals surface area contributed by atoms with Gasteiger partial charge < -0.3 is 4.42 Å². The van der Waals surface area contributed by atoms with Gasteiger partial charge in [0.15, 0.2) is 0 Å². The number of hydrogen-bond acceptors (Lipinski definition) is 3. The predicted octanol–water partition coefficient (Wildman–Crippen LogP) is 4.75. The third kappa shape index (κ3) is 4.02. The molecule has 0 saturated carbocycles. The summed E-state index contributed by atoms with van der Waals surface area (Å²) in [6.07, 6.45) is 1.81. The fourth-order valence-corrected chi connectivity index (χ4v) is 1.97. The number of nitro groups is 1. The van der Waals surface area contributed by atoms with E-state index in [1.165, 1.54) is 18.2 Å². The summed E-state index contributed by atoms with van der Waals surface area (Å²) in [5.74, 6) is 0.835. The number of nitrogens with zero attached hydrogens (tertiary/aromatic N) is 1. The second-order valence-electron chi connectivity index (χ2n) is 5.20. The normalized spacial score (nSPS) is 11.9. The zero-order chi connectivity index (χ0) is 15.4. The average Bonchev–Trinajstić information content (AvgIpc) is 2.87. The van der Waals surface area contributed by atoms with Gasteiger partial charge in [0.2, 0.25) is 5.70 Å². The summed E-state index contributed by atoms with van der Waals surface area (Å²) in [6, 6.07) is 9.27. The van der Waals surface area contributed by atoms with E-state index in [0.29, 0.717) is 17.9 Å². The molecule has 21 heavy (non-hydrogen) atoms. The zero-order valence-electron chi connectivity index (χ0n) is 11.9. The van der Waals surface area contributed by atoms with Gasteiger partial charge in [0.1, 0.15) is 17.3 Å². The molecule has 0 atom stereocenters. The maximum atomic E-state index is 12.9. The Morgan fingerprint density at radius 2 is 1.95 bits per heavy atom. The Morgan fingerprint density at radius 3 is 2.52 bits per heavy atom. The molecule has 0 aliphatic heterocycles. The Kier molecular flexibility index (Phi) is 4.52. The average molecular weight is 289 g/mol. The first-order valence-corrected chi connectivity index (χ1v) is 6.66. The van der Waals surface area contributed by atoms with Crippen molar-refractivity contribution in [3.63, 3.8) is 0 Å². The van der Waals surface area contributed by atoms with E-state index in [4.69, 9.17) is 4.42 Å². The maximum Gasteiger partial charge on any atom is 0.250 e. The Morgan fingerprint density at radius 1 is 1.29 bits per heavy atom. The second-order valence-corrected chi connectivity index (χ2v) is 5.20. The van der Waals surface area contributed by atoms with Gasteiger partial charge in [0.25, 0.3) is 0 Å². The molecule has 0 fully saturated rings. The third-order valence-corrected chi connectivity index (χ3v) is 2.92. The highest BCUT2D eigenvalue weighted by molar-refractivity contribution is 5.60. The molecule has 2 aromatic rings. The number of rotatable bonds is 5. The summed E-state index contributed by atoms with van der Waals surface area (Å²) in [5.41, 5.74) is 0.840. The Bertz CT molecular complexity index is 656. The van der Waals surface area contributed by atoms with Crippen molar-refractivity contribution in [2.75, 3.05) is 0 Å². The van der Waals surface area contributed by atoms with Crippen LogP contribution in [0.15, 0.2) is 46.5 Å². The molecular formula is C16H16FNO3. The van der Waals surface area contributed by atoms with Crippen LogP contribution in [0.2, 0.25) is 0 Å². The van der Waals surface area contributed by atoms with Crippen LogP contribution in [0, 0.1) is 21.8 Å². The van der Waals surface area contributed by atoms with Crippen molar-refractivity contribution in [2.45, 2.75) is 20.3 Å². The van der Waals surface area contributed by atoms with E-state index in [1.807, 2.05) is 13.8 Å². The topological polar surface area (TPSA) is 56.3 Å². The molecule has 0 aliphatic carbocycles. The monoisotopic (exact) mass is 289 g/mol. The molecule has 1 aromatic heterocycles. The number of hydrogen-bond donors (Lipinski definition) is 0. The Labute approximate surface area is 122 Å². The van der Waals surface area contributed by atoms with Crippen LogP contribution < -0.4 is 0 Å². The van der Waals surface area contributed by atoms with Crippen molar-refractivity contribution in [3.8, 4) is 11.3 Å². The summed E-state index contributed by atoms with van der Waals surface area (Å²) in [4.78, 5) is 10.6. The van der Waals surface area contributed by atoms with Crippen LogP contribution in [0.3, 0.4) is 0 Å². The van der Waals surface area contributed by atoms with Crippen LogP contribution in [0.25, 0.3) is 17.4 Å². The van der Waals surface area contributed by atoms with Crippen LogP contribution in [-0.2, 0) is 0 Å². The molecule has 0 radical (unpaired) electrons. The molecule has 0 amide bonds. The SMILES string of the molecule is CC(C)CC(=Cc1ccc(-c2ccc(F)cc2)o1)[N+](=O)[O-]. The lowest BCUT2D eigenvalue weighted by molar-refractivity contribution is -0.427. The fourth-order valence-electron chi connectivity index (χ4n) is 1.97. The zero-order valence-corrected chi connectivity index (χ0v) is 11.9. The summed E-state index contributed by atoms with van der Waals surface area (Å²) >= 11 is 0. The summed E-state index contributed by atoms with van der Waals surface area (Å²) in [7, 11) is 0. The van der Waals surface area contributed by atoms with Crippen molar-refractivity contribution in [1.29, 1.82) is 0 Å². The molecule has 1 heterocycles. The van der Waals surface area contributed by atoms with Gasteiger partial charge >= 0.3 is 0 Å². The maximum absolute atomic E-state index is 12.9. The molecule has 0 unspecified atom stereocenters. The Balaban J connectivity index is 2.26. The van der Waals surface area contributed by atoms with E-state index in [9.17, 15) is 14.5 Å². The van der Waals surface area contributed by atoms with Crippen LogP contribution in [0.5, 0.6) is 0 Å². The molecule has 0 N–H and O–H groups in total. The van der Waals surface area contributed by atoms with Gasteiger partial charge in [-0.05, 0) is 42.3 Å². The first kappa shape index (κ1) is 15.0. The van der Waals surface area contributed by atoms with Gasteiger partial charge in [-0.25, -0.2) is 4.39 Å². The lowest BCUT2D eigenvalue weighted by Gasteiger charge is -2.01. The summed E-state index contributed by atoms with van der Waals surface area (Å²) < 4.78 is 18.4. The third-order valence-electron chi connectivity index (χ3n) is 2.92. The highest BCUT2D eigenvalue weighted by Crippen LogP contribution is 2.24. The molecule has 5 heteroatoms. The van der Waals surface area contributed by atoms with Gasteiger partial charge in [-0.15, -0.1) is 0 Å². The van der Waals surface area contributed by atoms with Crippen molar-refractivity contribution < 1.29 is 13.7 Å². The highest BCUT2D eigenvalue weighted by Gasteiger charge is 2.14. The first-order chi connectivity index (χ1) is 9.95. The smallest absolute Gasteiger partial charge is 0.250 e. The van der Waals surface area contributed by atoms with Gasteiger partial charge in [0.05, 0.1) is 11.0 Å². The molecule has 0 saturated heterocycles. The van der Waals surface area contributed by atoms with E-state index in [0.717, 1.165) is 5.56 Å². The quantitative estimate of drug-likeness (QED) is 0.589. The molecule has 2 rings (SSSR count). The number of allylic oxidation sites excluding steroid dienone is 1. The molecule has 4 nitrogen and oxygen atoms in total. The van der Waals surface area contributed by atoms with E-state index in [2.05, 4.69) is 0 Å². The second kappa shape index (κ2) is 6.35. The van der Waals surface area contributed by atoms with Gasteiger partial charge in [-0.3, -0.25) is 10.1 Å². The van der Waals surface area contributed by atoms with E-state index in [-0.39, 0.29) is 22.4 Å². The van der Waals surface area contributed by atoms with Crippen molar-refractivity contribution in [2.24, 2.45) is 5.92 Å². The molecule has 1 aromatic carbocycles. The number of halogens is 1. The van der Waals surface area contributed by atoms with E-state index >= 15 is 0 Å². The van der Waals surface area contributed by atoms with Crippen molar-refractivity contribution >= 4 is 6.08 Å². The van der Waals surface area contributed by atoms with Gasteiger partial charge in [-0.2, -0.15) is 0 Å². The van der Waals surface area contributed by atoms with Gasteiger partial charge in [0, 0.05) is 12.0 Å². The molecule has 0 aliphatic rings. The van der Waals surface area contributed by atoms with Gasteiger partial charge in [-0.1, -0.05) is 13.8 Å². The summed E-state index contributed by atoms with van der Waals surface area (Å²) in [6.45, 7) is 3.84. The highest BCUT2D eigenvalue weighted by atomic mass is 19.1. The molecule has 0 spiro atoms. The first-order valence-electron chi connectivity index (χ1n) is 6.66. The van der Waals surface area contributed by atoms with Crippen LogP contribution in [-0.4, -0.2) is 4.92 Å². The fraction of sp³-hybridized carbons (Fsp3) is 0.250. The van der Waals surface area contributed by atoms with Crippen LogP contribution >= 0.6 is 0 Å². The molecule has 110 valence electrons. The number of furan rings is 1. The predicted molar refractivity (Wildman–Crippen MR) is 78.5 cm³/mol. The summed E-state index contributed by atoms with van der Waals surface area (Å²) in [5, 5.41) is 11.0. The lowest BCUT2D eigenvalue weighted by Crippen LogP contribution is -2.02. The lowest BCUT2D eigenvalue weighted by atomic mass is 10.1. The molecular weight excluding hydrogens is 273 g/mol. The standard InChI is InChI=1S/C16H16FNO3/c1-11(2)9-14(18(19)20)10-15-7-8-16(21-15)12-3-5-13(17)6-4-12/h3-8,10-11H,9H2,1-2H3. The van der Waals surface area contributed by atoms with E-state index in [1.54, 1.807) is 24.3 Å². The van der Waals surface area contributed by atoms with Crippen LogP contribution in [0.1, 0.15) is 26.0 Å².